The van der Waals surface area contributed by atoms with Crippen molar-refractivity contribution in [1.82, 2.24) is 20.6 Å². The van der Waals surface area contributed by atoms with Crippen molar-refractivity contribution < 1.29 is 4.79 Å². The molecule has 16 heavy (non-hydrogen) atoms. The van der Waals surface area contributed by atoms with Gasteiger partial charge in [-0.1, -0.05) is 6.42 Å². The highest BCUT2D eigenvalue weighted by atomic mass is 16.2. The van der Waals surface area contributed by atoms with Gasteiger partial charge < -0.3 is 15.6 Å². The first-order valence-corrected chi connectivity index (χ1v) is 5.84. The number of rotatable bonds is 4. The summed E-state index contributed by atoms with van der Waals surface area (Å²) in [4.78, 5) is 18.7. The molecule has 0 aromatic carbocycles. The van der Waals surface area contributed by atoms with Crippen molar-refractivity contribution in [1.29, 1.82) is 0 Å². The number of aromatic amines is 1. The maximum atomic E-state index is 11.7. The second-order valence-corrected chi connectivity index (χ2v) is 4.12. The summed E-state index contributed by atoms with van der Waals surface area (Å²) in [6.07, 6.45) is 7.52. The molecule has 1 aliphatic rings. The standard InChI is InChI=1S/C11H18N4O/c16-11(10-3-1-2-5-13-10)14-6-4-9-7-12-8-15-9/h7-8,10,13H,1-6H2,(H,12,15)(H,14,16)/t10-/m1/s1. The Morgan fingerprint density at radius 1 is 1.56 bits per heavy atom. The zero-order chi connectivity index (χ0) is 11.2. The van der Waals surface area contributed by atoms with Crippen LogP contribution in [0.1, 0.15) is 25.0 Å². The molecule has 2 rings (SSSR count). The Morgan fingerprint density at radius 3 is 3.19 bits per heavy atom. The molecule has 1 aromatic heterocycles. The van der Waals surface area contributed by atoms with Crippen molar-refractivity contribution in [2.45, 2.75) is 31.7 Å². The van der Waals surface area contributed by atoms with Crippen LogP contribution in [-0.2, 0) is 11.2 Å². The average molecular weight is 222 g/mol. The van der Waals surface area contributed by atoms with Crippen LogP contribution in [0.25, 0.3) is 0 Å². The molecule has 1 saturated heterocycles. The van der Waals surface area contributed by atoms with E-state index in [-0.39, 0.29) is 11.9 Å². The van der Waals surface area contributed by atoms with Crippen LogP contribution in [0.3, 0.4) is 0 Å². The molecule has 0 aliphatic carbocycles. The molecule has 1 aromatic rings. The maximum absolute atomic E-state index is 11.7. The second kappa shape index (κ2) is 5.65. The van der Waals surface area contributed by atoms with E-state index in [0.29, 0.717) is 6.54 Å². The molecule has 5 nitrogen and oxygen atoms in total. The summed E-state index contributed by atoms with van der Waals surface area (Å²) in [6.45, 7) is 1.62. The summed E-state index contributed by atoms with van der Waals surface area (Å²) in [5.74, 6) is 0.124. The van der Waals surface area contributed by atoms with Gasteiger partial charge in [-0.3, -0.25) is 4.79 Å². The summed E-state index contributed by atoms with van der Waals surface area (Å²) in [5.41, 5.74) is 1.05. The summed E-state index contributed by atoms with van der Waals surface area (Å²) in [5, 5.41) is 6.17. The molecular formula is C11H18N4O. The van der Waals surface area contributed by atoms with Gasteiger partial charge in [-0.05, 0) is 19.4 Å². The lowest BCUT2D eigenvalue weighted by Gasteiger charge is -2.22. The van der Waals surface area contributed by atoms with Gasteiger partial charge in [0, 0.05) is 24.9 Å². The molecule has 1 fully saturated rings. The minimum absolute atomic E-state index is 0.00974. The Labute approximate surface area is 95.0 Å². The van der Waals surface area contributed by atoms with Crippen LogP contribution in [0, 0.1) is 0 Å². The van der Waals surface area contributed by atoms with Crippen molar-refractivity contribution in [3.8, 4) is 0 Å². The monoisotopic (exact) mass is 222 g/mol. The van der Waals surface area contributed by atoms with Crippen molar-refractivity contribution in [2.24, 2.45) is 0 Å². The van der Waals surface area contributed by atoms with E-state index in [2.05, 4.69) is 20.6 Å². The number of carbonyl (C=O) groups is 1. The normalized spacial score (nSPS) is 20.6. The Morgan fingerprint density at radius 2 is 2.50 bits per heavy atom. The lowest BCUT2D eigenvalue weighted by Crippen LogP contribution is -2.47. The molecule has 88 valence electrons. The molecular weight excluding hydrogens is 204 g/mol. The predicted octanol–water partition coefficient (Wildman–Crippen LogP) is 0.210. The minimum Gasteiger partial charge on any atom is -0.354 e. The smallest absolute Gasteiger partial charge is 0.237 e. The molecule has 1 aliphatic heterocycles. The Balaban J connectivity index is 1.67. The van der Waals surface area contributed by atoms with Crippen molar-refractivity contribution in [2.75, 3.05) is 13.1 Å². The Kier molecular flexibility index (Phi) is 3.93. The van der Waals surface area contributed by atoms with Crippen molar-refractivity contribution in [3.05, 3.63) is 18.2 Å². The number of hydrogen-bond acceptors (Lipinski definition) is 3. The SMILES string of the molecule is O=C(NCCc1cnc[nH]1)[C@H]1CCCCN1. The first-order chi connectivity index (χ1) is 7.86. The molecule has 5 heteroatoms. The molecule has 0 saturated carbocycles. The van der Waals surface area contributed by atoms with E-state index in [9.17, 15) is 4.79 Å². The lowest BCUT2D eigenvalue weighted by molar-refractivity contribution is -0.123. The van der Waals surface area contributed by atoms with Gasteiger partial charge in [0.2, 0.25) is 5.91 Å². The van der Waals surface area contributed by atoms with Gasteiger partial charge in [0.15, 0.2) is 0 Å². The topological polar surface area (TPSA) is 69.8 Å². The minimum atomic E-state index is 0.00974. The third-order valence-corrected chi connectivity index (χ3v) is 2.88. The van der Waals surface area contributed by atoms with Crippen LogP contribution < -0.4 is 10.6 Å². The van der Waals surface area contributed by atoms with E-state index >= 15 is 0 Å². The fourth-order valence-corrected chi connectivity index (χ4v) is 1.94. The number of hydrogen-bond donors (Lipinski definition) is 3. The van der Waals surface area contributed by atoms with Crippen LogP contribution in [0.2, 0.25) is 0 Å². The number of aromatic nitrogens is 2. The molecule has 0 bridgehead atoms. The molecule has 2 heterocycles. The number of imidazole rings is 1. The van der Waals surface area contributed by atoms with Gasteiger partial charge in [-0.15, -0.1) is 0 Å². The molecule has 1 atom stereocenters. The summed E-state index contributed by atoms with van der Waals surface area (Å²) >= 11 is 0. The van der Waals surface area contributed by atoms with Gasteiger partial charge in [0.25, 0.3) is 0 Å². The quantitative estimate of drug-likeness (QED) is 0.682. The van der Waals surface area contributed by atoms with E-state index < -0.39 is 0 Å². The fraction of sp³-hybridized carbons (Fsp3) is 0.636. The maximum Gasteiger partial charge on any atom is 0.237 e. The van der Waals surface area contributed by atoms with E-state index in [1.54, 1.807) is 12.5 Å². The average Bonchev–Trinajstić information content (AvgIpc) is 2.83. The van der Waals surface area contributed by atoms with E-state index in [0.717, 1.165) is 31.5 Å². The summed E-state index contributed by atoms with van der Waals surface area (Å²) < 4.78 is 0. The molecule has 0 unspecified atom stereocenters. The highest BCUT2D eigenvalue weighted by Gasteiger charge is 2.19. The van der Waals surface area contributed by atoms with Crippen LogP contribution in [0.5, 0.6) is 0 Å². The highest BCUT2D eigenvalue weighted by molar-refractivity contribution is 5.81. The van der Waals surface area contributed by atoms with Crippen LogP contribution in [0.15, 0.2) is 12.5 Å². The van der Waals surface area contributed by atoms with E-state index in [1.807, 2.05) is 0 Å². The number of nitrogens with zero attached hydrogens (tertiary/aromatic N) is 1. The van der Waals surface area contributed by atoms with Crippen LogP contribution >= 0.6 is 0 Å². The van der Waals surface area contributed by atoms with E-state index in [4.69, 9.17) is 0 Å². The number of H-pyrrole nitrogens is 1. The third kappa shape index (κ3) is 3.06. The summed E-state index contributed by atoms with van der Waals surface area (Å²) in [6, 6.07) is 0.00974. The Hall–Kier alpha value is -1.36. The lowest BCUT2D eigenvalue weighted by atomic mass is 10.0. The van der Waals surface area contributed by atoms with Gasteiger partial charge in [0.1, 0.15) is 0 Å². The predicted molar refractivity (Wildman–Crippen MR) is 60.9 cm³/mol. The molecule has 1 amide bonds. The van der Waals surface area contributed by atoms with Gasteiger partial charge in [-0.25, -0.2) is 4.98 Å². The molecule has 0 radical (unpaired) electrons. The first-order valence-electron chi connectivity index (χ1n) is 5.84. The highest BCUT2D eigenvalue weighted by Crippen LogP contribution is 2.06. The number of nitrogens with one attached hydrogen (secondary N) is 3. The number of amides is 1. The van der Waals surface area contributed by atoms with Gasteiger partial charge in [0.05, 0.1) is 12.4 Å². The van der Waals surface area contributed by atoms with Crippen LogP contribution in [-0.4, -0.2) is 35.0 Å². The van der Waals surface area contributed by atoms with Gasteiger partial charge >= 0.3 is 0 Å². The first kappa shape index (κ1) is 11.1. The fourth-order valence-electron chi connectivity index (χ4n) is 1.94. The zero-order valence-electron chi connectivity index (χ0n) is 9.33. The molecule has 3 N–H and O–H groups in total. The second-order valence-electron chi connectivity index (χ2n) is 4.12. The van der Waals surface area contributed by atoms with E-state index in [1.165, 1.54) is 6.42 Å². The van der Waals surface area contributed by atoms with Crippen LogP contribution in [0.4, 0.5) is 0 Å². The van der Waals surface area contributed by atoms with Crippen molar-refractivity contribution in [3.63, 3.8) is 0 Å². The largest absolute Gasteiger partial charge is 0.354 e. The van der Waals surface area contributed by atoms with Gasteiger partial charge in [-0.2, -0.15) is 0 Å². The number of piperidine rings is 1. The number of carbonyl (C=O) groups excluding carboxylic acids is 1. The molecule has 0 spiro atoms. The zero-order valence-corrected chi connectivity index (χ0v) is 9.33. The summed E-state index contributed by atoms with van der Waals surface area (Å²) in [7, 11) is 0. The Bertz CT molecular complexity index is 317. The third-order valence-electron chi connectivity index (χ3n) is 2.88. The van der Waals surface area contributed by atoms with Crippen molar-refractivity contribution >= 4 is 5.91 Å².